The molecule has 0 aliphatic rings. The third kappa shape index (κ3) is 4.83. The Morgan fingerprint density at radius 1 is 1.33 bits per heavy atom. The predicted molar refractivity (Wildman–Crippen MR) is 71.6 cm³/mol. The minimum atomic E-state index is 0.105. The Hall–Kier alpha value is -1.04. The first-order valence-electron chi connectivity index (χ1n) is 3.98. The highest BCUT2D eigenvalue weighted by molar-refractivity contribution is 7.81. The van der Waals surface area contributed by atoms with E-state index in [1.807, 2.05) is 12.1 Å². The average molecular weight is 258 g/mol. The summed E-state index contributed by atoms with van der Waals surface area (Å²) in [5.74, 6) is 0. The van der Waals surface area contributed by atoms with Crippen molar-refractivity contribution in [3.05, 3.63) is 34.9 Å². The fourth-order valence-electron chi connectivity index (χ4n) is 0.820. The Labute approximate surface area is 103 Å². The van der Waals surface area contributed by atoms with Gasteiger partial charge in [0, 0.05) is 11.2 Å². The maximum Gasteiger partial charge on any atom is 0.198 e. The molecule has 0 aliphatic heterocycles. The second-order valence-corrected chi connectivity index (χ2v) is 3.87. The third-order valence-electron chi connectivity index (χ3n) is 1.43. The van der Waals surface area contributed by atoms with E-state index in [0.29, 0.717) is 5.02 Å². The quantitative estimate of drug-likeness (QED) is 0.596. The maximum atomic E-state index is 5.73. The van der Waals surface area contributed by atoms with Crippen LogP contribution in [0.1, 0.15) is 5.56 Å². The molecule has 0 radical (unpaired) electrons. The molecule has 0 spiro atoms. The highest BCUT2D eigenvalue weighted by Gasteiger charge is 1.92. The van der Waals surface area contributed by atoms with E-state index in [-0.39, 0.29) is 10.2 Å². The van der Waals surface area contributed by atoms with Crippen molar-refractivity contribution >= 4 is 52.5 Å². The maximum absolute atomic E-state index is 5.73. The SMILES string of the molecule is NC(=S)NC(=S)/N=C/c1ccc(Cl)cc1. The topological polar surface area (TPSA) is 50.4 Å². The van der Waals surface area contributed by atoms with E-state index in [1.54, 1.807) is 18.3 Å². The smallest absolute Gasteiger partial charge is 0.198 e. The van der Waals surface area contributed by atoms with Crippen LogP contribution in [-0.4, -0.2) is 16.4 Å². The summed E-state index contributed by atoms with van der Waals surface area (Å²) < 4.78 is 0. The Bertz CT molecular complexity index is 400. The van der Waals surface area contributed by atoms with E-state index < -0.39 is 0 Å². The number of hydrogen-bond donors (Lipinski definition) is 2. The van der Waals surface area contributed by atoms with Gasteiger partial charge in [0.05, 0.1) is 0 Å². The zero-order valence-electron chi connectivity index (χ0n) is 7.61. The van der Waals surface area contributed by atoms with E-state index >= 15 is 0 Å². The number of nitrogens with zero attached hydrogens (tertiary/aromatic N) is 1. The second kappa shape index (κ2) is 5.75. The highest BCUT2D eigenvalue weighted by atomic mass is 35.5. The van der Waals surface area contributed by atoms with E-state index in [9.17, 15) is 0 Å². The van der Waals surface area contributed by atoms with E-state index in [2.05, 4.69) is 22.5 Å². The van der Waals surface area contributed by atoms with Crippen molar-refractivity contribution in [3.8, 4) is 0 Å². The lowest BCUT2D eigenvalue weighted by molar-refractivity contribution is 1.36. The van der Waals surface area contributed by atoms with Crippen LogP contribution >= 0.6 is 36.0 Å². The van der Waals surface area contributed by atoms with Gasteiger partial charge < -0.3 is 11.1 Å². The lowest BCUT2D eigenvalue weighted by Crippen LogP contribution is -2.32. The Morgan fingerprint density at radius 2 is 1.93 bits per heavy atom. The fraction of sp³-hybridized carbons (Fsp3) is 0. The van der Waals surface area contributed by atoms with Crippen molar-refractivity contribution in [1.82, 2.24) is 5.32 Å². The normalized spacial score (nSPS) is 10.2. The summed E-state index contributed by atoms with van der Waals surface area (Å²) in [6.07, 6.45) is 1.60. The number of thiocarbonyl (C=S) groups is 2. The molecule has 3 N–H and O–H groups in total. The average Bonchev–Trinajstić information content (AvgIpc) is 2.16. The van der Waals surface area contributed by atoms with Crippen LogP contribution < -0.4 is 11.1 Å². The lowest BCUT2D eigenvalue weighted by Gasteiger charge is -1.98. The number of hydrogen-bond acceptors (Lipinski definition) is 2. The standard InChI is InChI=1S/C9H8ClN3S2/c10-7-3-1-6(2-4-7)5-12-9(15)13-8(11)14/h1-5H,(H3,11,13,14,15)/b12-5+. The summed E-state index contributed by atoms with van der Waals surface area (Å²) in [5, 5.41) is 3.56. The lowest BCUT2D eigenvalue weighted by atomic mass is 10.2. The molecule has 1 aromatic carbocycles. The van der Waals surface area contributed by atoms with Gasteiger partial charge in [0.25, 0.3) is 0 Å². The van der Waals surface area contributed by atoms with Crippen LogP contribution in [0.2, 0.25) is 5.02 Å². The van der Waals surface area contributed by atoms with Crippen LogP contribution in [0.15, 0.2) is 29.3 Å². The number of aliphatic imine (C=N–C) groups is 1. The van der Waals surface area contributed by atoms with Crippen molar-refractivity contribution in [2.75, 3.05) is 0 Å². The summed E-state index contributed by atoms with van der Waals surface area (Å²) in [6.45, 7) is 0. The van der Waals surface area contributed by atoms with Gasteiger partial charge in [-0.2, -0.15) is 0 Å². The van der Waals surface area contributed by atoms with Crippen LogP contribution in [0, 0.1) is 0 Å². The zero-order chi connectivity index (χ0) is 11.3. The summed E-state index contributed by atoms with van der Waals surface area (Å²) >= 11 is 15.2. The molecule has 3 nitrogen and oxygen atoms in total. The minimum absolute atomic E-state index is 0.105. The fourth-order valence-corrected chi connectivity index (χ4v) is 1.27. The van der Waals surface area contributed by atoms with Gasteiger partial charge in [-0.05, 0) is 42.1 Å². The number of rotatable bonds is 1. The van der Waals surface area contributed by atoms with Gasteiger partial charge in [-0.3, -0.25) is 0 Å². The number of nitrogens with two attached hydrogens (primary N) is 1. The Balaban J connectivity index is 2.61. The van der Waals surface area contributed by atoms with Gasteiger partial charge in [-0.25, -0.2) is 4.99 Å². The Kier molecular flexibility index (Phi) is 4.61. The highest BCUT2D eigenvalue weighted by Crippen LogP contribution is 2.07. The molecule has 0 atom stereocenters. The molecule has 0 amide bonds. The molecule has 0 saturated carbocycles. The van der Waals surface area contributed by atoms with E-state index in [0.717, 1.165) is 5.56 Å². The van der Waals surface area contributed by atoms with E-state index in [4.69, 9.17) is 29.6 Å². The van der Waals surface area contributed by atoms with Crippen LogP contribution in [0.5, 0.6) is 0 Å². The van der Waals surface area contributed by atoms with Crippen LogP contribution in [0.3, 0.4) is 0 Å². The first-order chi connectivity index (χ1) is 7.08. The first-order valence-corrected chi connectivity index (χ1v) is 5.17. The Morgan fingerprint density at radius 3 is 2.47 bits per heavy atom. The van der Waals surface area contributed by atoms with Crippen LogP contribution in [0.25, 0.3) is 0 Å². The molecule has 6 heteroatoms. The van der Waals surface area contributed by atoms with Crippen molar-refractivity contribution in [3.63, 3.8) is 0 Å². The molecule has 0 saturated heterocycles. The van der Waals surface area contributed by atoms with Gasteiger partial charge >= 0.3 is 0 Å². The van der Waals surface area contributed by atoms with Crippen molar-refractivity contribution in [1.29, 1.82) is 0 Å². The molecule has 0 unspecified atom stereocenters. The molecule has 1 aromatic rings. The number of nitrogens with one attached hydrogen (secondary N) is 1. The molecule has 1 rings (SSSR count). The molecule has 0 fully saturated rings. The van der Waals surface area contributed by atoms with Crippen LogP contribution in [0.4, 0.5) is 0 Å². The predicted octanol–water partition coefficient (Wildman–Crippen LogP) is 1.88. The van der Waals surface area contributed by atoms with Crippen molar-refractivity contribution in [2.45, 2.75) is 0 Å². The van der Waals surface area contributed by atoms with Gasteiger partial charge in [-0.15, -0.1) is 0 Å². The zero-order valence-corrected chi connectivity index (χ0v) is 9.99. The van der Waals surface area contributed by atoms with Crippen LogP contribution in [-0.2, 0) is 0 Å². The largest absolute Gasteiger partial charge is 0.376 e. The molecule has 15 heavy (non-hydrogen) atoms. The first kappa shape index (κ1) is 12.0. The van der Waals surface area contributed by atoms with Gasteiger partial charge in [0.15, 0.2) is 10.2 Å². The number of benzene rings is 1. The molecule has 78 valence electrons. The van der Waals surface area contributed by atoms with Crippen molar-refractivity contribution in [2.24, 2.45) is 10.7 Å². The summed E-state index contributed by atoms with van der Waals surface area (Å²) in [4.78, 5) is 3.95. The minimum Gasteiger partial charge on any atom is -0.376 e. The summed E-state index contributed by atoms with van der Waals surface area (Å²) in [7, 11) is 0. The van der Waals surface area contributed by atoms with Crippen molar-refractivity contribution < 1.29 is 0 Å². The molecular formula is C9H8ClN3S2. The third-order valence-corrected chi connectivity index (χ3v) is 1.99. The van der Waals surface area contributed by atoms with Gasteiger partial charge in [0.2, 0.25) is 0 Å². The second-order valence-electron chi connectivity index (χ2n) is 2.60. The van der Waals surface area contributed by atoms with Gasteiger partial charge in [0.1, 0.15) is 0 Å². The molecule has 0 heterocycles. The summed E-state index contributed by atoms with van der Waals surface area (Å²) in [5.41, 5.74) is 6.12. The molecule has 0 aliphatic carbocycles. The molecule has 0 bridgehead atoms. The monoisotopic (exact) mass is 257 g/mol. The molecule has 0 aromatic heterocycles. The molecular weight excluding hydrogens is 250 g/mol. The van der Waals surface area contributed by atoms with E-state index in [1.165, 1.54) is 0 Å². The summed E-state index contributed by atoms with van der Waals surface area (Å²) in [6, 6.07) is 7.20. The van der Waals surface area contributed by atoms with Gasteiger partial charge in [-0.1, -0.05) is 23.7 Å². The number of halogens is 1.